The van der Waals surface area contributed by atoms with Crippen LogP contribution in [0.5, 0.6) is 0 Å². The molecule has 52 heavy (non-hydrogen) atoms. The molecule has 0 aliphatic heterocycles. The number of phosphoric ester groups is 1. The van der Waals surface area contributed by atoms with E-state index >= 15 is 0 Å². The number of hydrogen-bond donors (Lipinski definition) is 4. The van der Waals surface area contributed by atoms with E-state index < -0.39 is 57.6 Å². The molecule has 12 heteroatoms. The van der Waals surface area contributed by atoms with Gasteiger partial charge in [-0.3, -0.25) is 18.6 Å². The molecule has 0 aliphatic rings. The first-order valence-electron chi connectivity index (χ1n) is 20.0. The van der Waals surface area contributed by atoms with Crippen molar-refractivity contribution in [2.24, 2.45) is 0 Å². The van der Waals surface area contributed by atoms with Gasteiger partial charge in [0, 0.05) is 12.8 Å². The first-order chi connectivity index (χ1) is 25.1. The number of aliphatic hydroxyl groups excluding tert-OH is 1. The van der Waals surface area contributed by atoms with Crippen molar-refractivity contribution in [2.75, 3.05) is 19.8 Å². The third-order valence-corrected chi connectivity index (χ3v) is 9.35. The minimum Gasteiger partial charge on any atom is -0.480 e. The molecule has 0 aromatic heterocycles. The van der Waals surface area contributed by atoms with E-state index in [1.807, 2.05) is 0 Å². The summed E-state index contributed by atoms with van der Waals surface area (Å²) in [6.07, 6.45) is 36.0. The molecule has 1 amide bonds. The number of ether oxygens (including phenoxy) is 1. The highest BCUT2D eigenvalue weighted by atomic mass is 31.2. The normalized spacial score (nSPS) is 14.2. The van der Waals surface area contributed by atoms with E-state index in [2.05, 4.69) is 55.6 Å². The summed E-state index contributed by atoms with van der Waals surface area (Å²) in [7, 11) is -4.76. The van der Waals surface area contributed by atoms with Crippen molar-refractivity contribution in [1.82, 2.24) is 5.32 Å². The molecule has 3 unspecified atom stereocenters. The molecular formula is C40H72NO10P. The average Bonchev–Trinajstić information content (AvgIpc) is 3.11. The fourth-order valence-corrected chi connectivity index (χ4v) is 5.99. The van der Waals surface area contributed by atoms with Crippen LogP contribution in [0.3, 0.4) is 0 Å². The zero-order valence-corrected chi connectivity index (χ0v) is 33.3. The lowest BCUT2D eigenvalue weighted by molar-refractivity contribution is -0.147. The number of esters is 1. The van der Waals surface area contributed by atoms with Crippen LogP contribution in [0.25, 0.3) is 0 Å². The minimum atomic E-state index is -4.76. The number of carboxylic acids is 1. The maximum atomic E-state index is 12.3. The van der Waals surface area contributed by atoms with Gasteiger partial charge in [-0.15, -0.1) is 0 Å². The van der Waals surface area contributed by atoms with E-state index in [0.29, 0.717) is 12.8 Å². The molecule has 0 heterocycles. The summed E-state index contributed by atoms with van der Waals surface area (Å²) in [5.74, 6) is -2.40. The second kappa shape index (κ2) is 35.7. The molecule has 0 rings (SSSR count). The summed E-state index contributed by atoms with van der Waals surface area (Å²) in [4.78, 5) is 45.7. The quantitative estimate of drug-likeness (QED) is 0.0207. The number of unbranched alkanes of at least 4 members (excludes halogenated alkanes) is 17. The van der Waals surface area contributed by atoms with Gasteiger partial charge in [-0.1, -0.05) is 121 Å². The van der Waals surface area contributed by atoms with Crippen LogP contribution < -0.4 is 5.32 Å². The van der Waals surface area contributed by atoms with Crippen LogP contribution >= 0.6 is 7.82 Å². The largest absolute Gasteiger partial charge is 0.480 e. The van der Waals surface area contributed by atoms with Gasteiger partial charge in [-0.25, -0.2) is 9.36 Å². The molecule has 0 bridgehead atoms. The van der Waals surface area contributed by atoms with Crippen LogP contribution in [0, 0.1) is 0 Å². The Morgan fingerprint density at radius 2 is 1.06 bits per heavy atom. The number of carbonyl (C=O) groups is 3. The predicted molar refractivity (Wildman–Crippen MR) is 208 cm³/mol. The molecule has 0 aliphatic carbocycles. The Balaban J connectivity index is 3.99. The van der Waals surface area contributed by atoms with E-state index in [1.54, 1.807) is 0 Å². The molecule has 0 saturated carbocycles. The number of carbonyl (C=O) groups excluding carboxylic acids is 2. The number of amides is 1. The molecule has 0 aromatic rings. The fraction of sp³-hybridized carbons (Fsp3) is 0.775. The van der Waals surface area contributed by atoms with Crippen LogP contribution in [-0.2, 0) is 32.7 Å². The number of nitrogens with one attached hydrogen (secondary N) is 1. The Labute approximate surface area is 314 Å². The summed E-state index contributed by atoms with van der Waals surface area (Å²) < 4.78 is 26.7. The third-order valence-electron chi connectivity index (χ3n) is 8.40. The van der Waals surface area contributed by atoms with E-state index in [0.717, 1.165) is 83.5 Å². The number of rotatable bonds is 37. The number of aliphatic carboxylic acids is 1. The minimum absolute atomic E-state index is 0.129. The van der Waals surface area contributed by atoms with Gasteiger partial charge in [-0.2, -0.15) is 0 Å². The lowest BCUT2D eigenvalue weighted by atomic mass is 10.1. The Morgan fingerprint density at radius 1 is 0.615 bits per heavy atom. The molecule has 0 aromatic carbocycles. The number of hydrogen-bond acceptors (Lipinski definition) is 8. The van der Waals surface area contributed by atoms with Crippen LogP contribution in [0.2, 0.25) is 0 Å². The smallest absolute Gasteiger partial charge is 0.472 e. The van der Waals surface area contributed by atoms with E-state index in [-0.39, 0.29) is 12.8 Å². The Morgan fingerprint density at radius 3 is 1.62 bits per heavy atom. The molecule has 0 spiro atoms. The van der Waals surface area contributed by atoms with Crippen LogP contribution in [-0.4, -0.2) is 64.9 Å². The molecule has 0 fully saturated rings. The lowest BCUT2D eigenvalue weighted by Crippen LogP contribution is -2.43. The number of aliphatic hydroxyl groups is 1. The van der Waals surface area contributed by atoms with Gasteiger partial charge in [0.15, 0.2) is 6.04 Å². The first kappa shape index (κ1) is 49.7. The maximum Gasteiger partial charge on any atom is 0.472 e. The molecule has 0 radical (unpaired) electrons. The summed E-state index contributed by atoms with van der Waals surface area (Å²) in [6, 6.07) is -1.55. The highest BCUT2D eigenvalue weighted by Gasteiger charge is 2.28. The van der Waals surface area contributed by atoms with Gasteiger partial charge in [0.25, 0.3) is 0 Å². The maximum absolute atomic E-state index is 12.3. The van der Waals surface area contributed by atoms with Gasteiger partial charge >= 0.3 is 19.8 Å². The van der Waals surface area contributed by atoms with Gasteiger partial charge in [0.2, 0.25) is 5.91 Å². The van der Waals surface area contributed by atoms with Crippen molar-refractivity contribution in [1.29, 1.82) is 0 Å². The van der Waals surface area contributed by atoms with Gasteiger partial charge < -0.3 is 25.2 Å². The molecule has 11 nitrogen and oxygen atoms in total. The molecule has 4 N–H and O–H groups in total. The molecule has 3 atom stereocenters. The van der Waals surface area contributed by atoms with Crippen LogP contribution in [0.1, 0.15) is 168 Å². The number of phosphoric acid groups is 1. The van der Waals surface area contributed by atoms with Crippen LogP contribution in [0.4, 0.5) is 0 Å². The van der Waals surface area contributed by atoms with E-state index in [4.69, 9.17) is 13.8 Å². The Kier molecular flexibility index (Phi) is 34.1. The zero-order chi connectivity index (χ0) is 38.5. The SMILES string of the molecule is CCCCC/C=C\C/C=C\CCCCCCCC(=O)NC(COP(=O)(O)OCC(O)COC(=O)CCCCCCC/C=C\CCCCCC)C(=O)O. The average molecular weight is 758 g/mol. The number of carboxylic acid groups (broad SMARTS) is 1. The van der Waals surface area contributed by atoms with E-state index in [9.17, 15) is 34.1 Å². The van der Waals surface area contributed by atoms with Crippen molar-refractivity contribution in [3.05, 3.63) is 36.5 Å². The van der Waals surface area contributed by atoms with Gasteiger partial charge in [0.05, 0.1) is 13.2 Å². The van der Waals surface area contributed by atoms with Gasteiger partial charge in [0.1, 0.15) is 12.7 Å². The molecule has 0 saturated heterocycles. The zero-order valence-electron chi connectivity index (χ0n) is 32.4. The monoisotopic (exact) mass is 757 g/mol. The summed E-state index contributed by atoms with van der Waals surface area (Å²) in [5, 5.41) is 21.7. The Hall–Kier alpha value is -2.30. The van der Waals surface area contributed by atoms with Crippen LogP contribution in [0.15, 0.2) is 36.5 Å². The summed E-state index contributed by atoms with van der Waals surface area (Å²) >= 11 is 0. The second-order valence-corrected chi connectivity index (χ2v) is 14.9. The fourth-order valence-electron chi connectivity index (χ4n) is 5.22. The van der Waals surface area contributed by atoms with Crippen molar-refractivity contribution < 1.29 is 47.8 Å². The highest BCUT2D eigenvalue weighted by molar-refractivity contribution is 7.47. The first-order valence-corrected chi connectivity index (χ1v) is 21.5. The standard InChI is InChI=1S/C40H72NO10P/c1-3-5-7-9-11-13-15-17-18-20-21-23-25-27-29-31-38(43)41-37(40(45)46)35-51-52(47,48)50-34-36(42)33-49-39(44)32-30-28-26-24-22-19-16-14-12-10-8-6-4-2/h11,13-14,16-18,36-37,42H,3-10,12,15,19-35H2,1-2H3,(H,41,43)(H,45,46)(H,47,48)/b13-11-,16-14-,18-17-. The third kappa shape index (κ3) is 34.8. The number of allylic oxidation sites excluding steroid dienone is 6. The van der Waals surface area contributed by atoms with Crippen molar-refractivity contribution in [2.45, 2.75) is 180 Å². The second-order valence-electron chi connectivity index (χ2n) is 13.5. The van der Waals surface area contributed by atoms with E-state index in [1.165, 1.54) is 44.9 Å². The predicted octanol–water partition coefficient (Wildman–Crippen LogP) is 9.66. The summed E-state index contributed by atoms with van der Waals surface area (Å²) in [5.41, 5.74) is 0. The topological polar surface area (TPSA) is 169 Å². The van der Waals surface area contributed by atoms with Gasteiger partial charge in [-0.05, 0) is 70.6 Å². The lowest BCUT2D eigenvalue weighted by Gasteiger charge is -2.18. The van der Waals surface area contributed by atoms with Crippen molar-refractivity contribution >= 4 is 25.7 Å². The highest BCUT2D eigenvalue weighted by Crippen LogP contribution is 2.43. The van der Waals surface area contributed by atoms with Crippen molar-refractivity contribution in [3.63, 3.8) is 0 Å². The Bertz CT molecular complexity index is 1030. The summed E-state index contributed by atoms with van der Waals surface area (Å²) in [6.45, 7) is 2.51. The molecular weight excluding hydrogens is 685 g/mol. The van der Waals surface area contributed by atoms with Crippen molar-refractivity contribution in [3.8, 4) is 0 Å². The molecule has 302 valence electrons.